The summed E-state index contributed by atoms with van der Waals surface area (Å²) in [6, 6.07) is 7.17. The molecule has 8 nitrogen and oxygen atoms in total. The van der Waals surface area contributed by atoms with E-state index >= 15 is 0 Å². The summed E-state index contributed by atoms with van der Waals surface area (Å²) in [6.45, 7) is 9.89. The number of rotatable bonds is 5. The third-order valence-corrected chi connectivity index (χ3v) is 4.85. The molecular weight excluding hydrogens is 399 g/mol. The molecule has 0 saturated heterocycles. The number of amides is 2. The highest BCUT2D eigenvalue weighted by Crippen LogP contribution is 2.25. The second-order valence-electron chi connectivity index (χ2n) is 8.32. The van der Waals surface area contributed by atoms with Gasteiger partial charge in [0.1, 0.15) is 11.6 Å². The van der Waals surface area contributed by atoms with Crippen LogP contribution in [0.3, 0.4) is 0 Å². The number of H-pyrrole nitrogens is 1. The minimum absolute atomic E-state index is 0.226. The van der Waals surface area contributed by atoms with E-state index in [0.29, 0.717) is 23.5 Å². The topological polar surface area (TPSA) is 105 Å². The Morgan fingerprint density at radius 1 is 1.23 bits per heavy atom. The third-order valence-electron chi connectivity index (χ3n) is 4.85. The highest BCUT2D eigenvalue weighted by molar-refractivity contribution is 5.88. The summed E-state index contributed by atoms with van der Waals surface area (Å²) >= 11 is 0. The summed E-state index contributed by atoms with van der Waals surface area (Å²) in [5.74, 6) is 0.259. The number of halogens is 1. The van der Waals surface area contributed by atoms with Gasteiger partial charge < -0.3 is 5.32 Å². The Hall–Kier alpha value is -3.49. The van der Waals surface area contributed by atoms with Crippen molar-refractivity contribution in [2.24, 2.45) is 0 Å². The molecule has 2 aromatic heterocycles. The zero-order valence-corrected chi connectivity index (χ0v) is 18.3. The Morgan fingerprint density at radius 3 is 2.48 bits per heavy atom. The maximum atomic E-state index is 13.0. The molecule has 3 N–H and O–H groups in total. The highest BCUT2D eigenvalue weighted by Gasteiger charge is 2.23. The highest BCUT2D eigenvalue weighted by atomic mass is 19.1. The second-order valence-corrected chi connectivity index (χ2v) is 8.32. The molecule has 0 bridgehead atoms. The molecule has 0 aliphatic carbocycles. The van der Waals surface area contributed by atoms with Crippen molar-refractivity contribution in [1.29, 1.82) is 0 Å². The molecule has 3 rings (SSSR count). The van der Waals surface area contributed by atoms with Gasteiger partial charge >= 0.3 is 6.03 Å². The largest absolute Gasteiger partial charge is 0.334 e. The quantitative estimate of drug-likeness (QED) is 0.580. The van der Waals surface area contributed by atoms with Gasteiger partial charge in [0.15, 0.2) is 0 Å². The minimum Gasteiger partial charge on any atom is -0.334 e. The zero-order valence-electron chi connectivity index (χ0n) is 18.3. The standard InChI is InChI=1S/C22H27FN6O2/c1-6-16-13(2)25-20(27-19(16)30)29-18(11-17(28-29)22(3,4)5)26-21(31)24-12-14-7-9-15(23)10-8-14/h7-11H,6,12H2,1-5H3,(H2,24,26,31)(H,25,27,30). The Bertz CT molecular complexity index is 1140. The fraction of sp³-hybridized carbons (Fsp3) is 0.364. The molecule has 0 aliphatic rings. The van der Waals surface area contributed by atoms with Gasteiger partial charge in [0.2, 0.25) is 5.95 Å². The smallest absolute Gasteiger partial charge is 0.320 e. The predicted molar refractivity (Wildman–Crippen MR) is 117 cm³/mol. The molecule has 0 aliphatic heterocycles. The molecule has 0 atom stereocenters. The number of aryl methyl sites for hydroxylation is 1. The van der Waals surface area contributed by atoms with E-state index < -0.39 is 6.03 Å². The fourth-order valence-electron chi connectivity index (χ4n) is 3.06. The number of aromatic nitrogens is 4. The van der Waals surface area contributed by atoms with Crippen LogP contribution >= 0.6 is 0 Å². The van der Waals surface area contributed by atoms with Crippen LogP contribution in [-0.2, 0) is 18.4 Å². The van der Waals surface area contributed by atoms with Gasteiger partial charge in [-0.05, 0) is 31.0 Å². The first-order chi connectivity index (χ1) is 14.6. The van der Waals surface area contributed by atoms with Crippen molar-refractivity contribution in [3.05, 3.63) is 69.0 Å². The average Bonchev–Trinajstić information content (AvgIpc) is 3.11. The third kappa shape index (κ3) is 5.17. The van der Waals surface area contributed by atoms with E-state index in [4.69, 9.17) is 0 Å². The number of urea groups is 1. The summed E-state index contributed by atoms with van der Waals surface area (Å²) < 4.78 is 14.5. The first-order valence-electron chi connectivity index (χ1n) is 10.1. The van der Waals surface area contributed by atoms with Gasteiger partial charge in [-0.3, -0.25) is 15.1 Å². The molecule has 9 heteroatoms. The van der Waals surface area contributed by atoms with Crippen LogP contribution in [0.15, 0.2) is 35.1 Å². The fourth-order valence-corrected chi connectivity index (χ4v) is 3.06. The number of nitrogens with one attached hydrogen (secondary N) is 3. The number of hydrogen-bond acceptors (Lipinski definition) is 4. The number of carbonyl (C=O) groups is 1. The van der Waals surface area contributed by atoms with Crippen molar-refractivity contribution in [3.8, 4) is 5.95 Å². The van der Waals surface area contributed by atoms with Crippen molar-refractivity contribution in [1.82, 2.24) is 25.1 Å². The summed E-state index contributed by atoms with van der Waals surface area (Å²) in [6.07, 6.45) is 0.567. The number of carbonyl (C=O) groups excluding carboxylic acids is 1. The van der Waals surface area contributed by atoms with Crippen molar-refractivity contribution in [3.63, 3.8) is 0 Å². The number of hydrogen-bond donors (Lipinski definition) is 3. The van der Waals surface area contributed by atoms with Gasteiger partial charge in [-0.2, -0.15) is 9.78 Å². The number of anilines is 1. The van der Waals surface area contributed by atoms with Crippen LogP contribution in [0.1, 0.15) is 50.2 Å². The van der Waals surface area contributed by atoms with Crippen LogP contribution in [0, 0.1) is 12.7 Å². The van der Waals surface area contributed by atoms with Gasteiger partial charge in [0.25, 0.3) is 5.56 Å². The molecule has 3 aromatic rings. The summed E-state index contributed by atoms with van der Waals surface area (Å²) in [5, 5.41) is 10.1. The van der Waals surface area contributed by atoms with Crippen LogP contribution in [0.4, 0.5) is 15.0 Å². The summed E-state index contributed by atoms with van der Waals surface area (Å²) in [7, 11) is 0. The SMILES string of the molecule is CCc1c(C)nc(-n2nc(C(C)(C)C)cc2NC(=O)NCc2ccc(F)cc2)[nH]c1=O. The van der Waals surface area contributed by atoms with E-state index in [-0.39, 0.29) is 29.3 Å². The Labute approximate surface area is 179 Å². The molecule has 164 valence electrons. The molecule has 2 amide bonds. The molecule has 2 heterocycles. The second kappa shape index (κ2) is 8.71. The minimum atomic E-state index is -0.463. The van der Waals surface area contributed by atoms with Gasteiger partial charge in [0.05, 0.1) is 5.69 Å². The molecule has 0 radical (unpaired) electrons. The average molecular weight is 426 g/mol. The van der Waals surface area contributed by atoms with Crippen LogP contribution in [-0.4, -0.2) is 25.8 Å². The number of nitrogens with zero attached hydrogens (tertiary/aromatic N) is 3. The van der Waals surface area contributed by atoms with Crippen molar-refractivity contribution in [2.45, 2.75) is 53.0 Å². The van der Waals surface area contributed by atoms with E-state index in [1.807, 2.05) is 27.7 Å². The lowest BCUT2D eigenvalue weighted by molar-refractivity contribution is 0.251. The lowest BCUT2D eigenvalue weighted by atomic mass is 9.92. The van der Waals surface area contributed by atoms with Gasteiger partial charge in [0, 0.05) is 29.3 Å². The monoisotopic (exact) mass is 426 g/mol. The van der Waals surface area contributed by atoms with Crippen molar-refractivity contribution < 1.29 is 9.18 Å². The van der Waals surface area contributed by atoms with Gasteiger partial charge in [-0.1, -0.05) is 39.8 Å². The summed E-state index contributed by atoms with van der Waals surface area (Å²) in [4.78, 5) is 32.2. The summed E-state index contributed by atoms with van der Waals surface area (Å²) in [5.41, 5.74) is 2.19. The van der Waals surface area contributed by atoms with E-state index in [1.54, 1.807) is 25.1 Å². The van der Waals surface area contributed by atoms with Crippen LogP contribution in [0.25, 0.3) is 5.95 Å². The predicted octanol–water partition coefficient (Wildman–Crippen LogP) is 3.58. The van der Waals surface area contributed by atoms with Gasteiger partial charge in [-0.15, -0.1) is 0 Å². The molecular formula is C22H27FN6O2. The normalized spacial score (nSPS) is 11.4. The maximum Gasteiger partial charge on any atom is 0.320 e. The Kier molecular flexibility index (Phi) is 6.24. The van der Waals surface area contributed by atoms with Gasteiger partial charge in [-0.25, -0.2) is 14.2 Å². The first-order valence-corrected chi connectivity index (χ1v) is 10.1. The van der Waals surface area contributed by atoms with Crippen molar-refractivity contribution >= 4 is 11.8 Å². The molecule has 0 saturated carbocycles. The molecule has 0 unspecified atom stereocenters. The van der Waals surface area contributed by atoms with E-state index in [9.17, 15) is 14.0 Å². The Morgan fingerprint density at radius 2 is 1.90 bits per heavy atom. The molecule has 1 aromatic carbocycles. The number of aromatic amines is 1. The van der Waals surface area contributed by atoms with Crippen LogP contribution in [0.5, 0.6) is 0 Å². The number of benzene rings is 1. The molecule has 31 heavy (non-hydrogen) atoms. The maximum absolute atomic E-state index is 13.0. The lowest BCUT2D eigenvalue weighted by Crippen LogP contribution is -2.29. The van der Waals surface area contributed by atoms with Crippen molar-refractivity contribution in [2.75, 3.05) is 5.32 Å². The zero-order chi connectivity index (χ0) is 22.8. The first kappa shape index (κ1) is 22.2. The van der Waals surface area contributed by atoms with E-state index in [2.05, 4.69) is 25.7 Å². The Balaban J connectivity index is 1.89. The lowest BCUT2D eigenvalue weighted by Gasteiger charge is -2.14. The van der Waals surface area contributed by atoms with E-state index in [1.165, 1.54) is 16.8 Å². The molecule has 0 fully saturated rings. The van der Waals surface area contributed by atoms with Crippen LogP contribution < -0.4 is 16.2 Å². The van der Waals surface area contributed by atoms with Crippen LogP contribution in [0.2, 0.25) is 0 Å². The molecule has 0 spiro atoms. The van der Waals surface area contributed by atoms with E-state index in [0.717, 1.165) is 11.3 Å².